The van der Waals surface area contributed by atoms with Crippen LogP contribution in [0.15, 0.2) is 126 Å². The Bertz CT molecular complexity index is 2210. The number of pyridine rings is 4. The number of hydrogen-bond donors (Lipinski definition) is 0. The van der Waals surface area contributed by atoms with Crippen LogP contribution in [0.2, 0.25) is 0 Å². The van der Waals surface area contributed by atoms with Crippen LogP contribution in [-0.4, -0.2) is 19.9 Å². The molecule has 0 N–H and O–H groups in total. The average Bonchev–Trinajstić information content (AvgIpc) is 3.43. The molecule has 6 heteroatoms. The molecule has 5 heterocycles. The Morgan fingerprint density at radius 1 is 0.659 bits per heavy atom. The molecule has 0 spiro atoms. The first-order valence-electron chi connectivity index (χ1n) is 14.0. The summed E-state index contributed by atoms with van der Waals surface area (Å²) in [5.41, 5.74) is 9.43. The molecule has 3 aromatic carbocycles. The van der Waals surface area contributed by atoms with Gasteiger partial charge in [-0.2, -0.15) is 0 Å². The van der Waals surface area contributed by atoms with Crippen LogP contribution in [0.3, 0.4) is 0 Å². The van der Waals surface area contributed by atoms with Gasteiger partial charge in [-0.15, -0.1) is 54.1 Å². The van der Waals surface area contributed by atoms with Crippen LogP contribution >= 0.6 is 0 Å². The number of nitrogens with zero attached hydrogens (tertiary/aromatic N) is 4. The van der Waals surface area contributed by atoms with Crippen LogP contribution in [-0.2, 0) is 20.1 Å². The van der Waals surface area contributed by atoms with Gasteiger partial charge in [-0.1, -0.05) is 41.3 Å². The molecule has 0 unspecified atom stereocenters. The summed E-state index contributed by atoms with van der Waals surface area (Å²) in [5, 5.41) is 4.31. The third-order valence-corrected chi connectivity index (χ3v) is 7.32. The zero-order valence-corrected chi connectivity index (χ0v) is 26.5. The Labute approximate surface area is 269 Å². The first-order chi connectivity index (χ1) is 21.1. The maximum absolute atomic E-state index is 6.13. The number of aromatic nitrogens is 4. The van der Waals surface area contributed by atoms with Gasteiger partial charge in [0.25, 0.3) is 0 Å². The molecule has 0 fully saturated rings. The van der Waals surface area contributed by atoms with Gasteiger partial charge >= 0.3 is 0 Å². The summed E-state index contributed by atoms with van der Waals surface area (Å²) in [7, 11) is 0. The van der Waals surface area contributed by atoms with E-state index in [9.17, 15) is 0 Å². The maximum atomic E-state index is 6.13. The van der Waals surface area contributed by atoms with E-state index in [0.29, 0.717) is 5.71 Å². The van der Waals surface area contributed by atoms with Gasteiger partial charge in [-0.3, -0.25) is 4.98 Å². The van der Waals surface area contributed by atoms with Crippen molar-refractivity contribution in [3.63, 3.8) is 0 Å². The van der Waals surface area contributed by atoms with Crippen molar-refractivity contribution in [1.29, 1.82) is 0 Å². The fourth-order valence-corrected chi connectivity index (χ4v) is 5.09. The number of aryl methyl sites for hydroxylation is 2. The molecular weight excluding hydrogens is 721 g/mol. The van der Waals surface area contributed by atoms with E-state index in [2.05, 4.69) is 68.5 Å². The number of rotatable bonds is 3. The minimum Gasteiger partial charge on any atom is -0.486 e. The molecule has 215 valence electrons. The molecular formula is C38H26IrN4O-2. The Morgan fingerprint density at radius 3 is 2.41 bits per heavy atom. The second kappa shape index (κ2) is 12.7. The molecule has 0 aliphatic rings. The minimum atomic E-state index is 0. The van der Waals surface area contributed by atoms with Gasteiger partial charge in [0.05, 0.1) is 5.58 Å². The Balaban J connectivity index is 0.000000207. The fourth-order valence-electron chi connectivity index (χ4n) is 5.09. The van der Waals surface area contributed by atoms with E-state index in [4.69, 9.17) is 4.42 Å². The Morgan fingerprint density at radius 2 is 1.57 bits per heavy atom. The number of hydrogen-bond acceptors (Lipinski definition) is 5. The van der Waals surface area contributed by atoms with Crippen molar-refractivity contribution in [2.24, 2.45) is 0 Å². The van der Waals surface area contributed by atoms with Gasteiger partial charge in [0.1, 0.15) is 0 Å². The summed E-state index contributed by atoms with van der Waals surface area (Å²) >= 11 is 0. The van der Waals surface area contributed by atoms with E-state index in [1.165, 1.54) is 5.56 Å². The van der Waals surface area contributed by atoms with Crippen LogP contribution < -0.4 is 0 Å². The topological polar surface area (TPSA) is 64.7 Å². The SMILES string of the molecule is Cc1ccc(-c2[c-]cccc2)nc1.Cc1ccc2c(n1)oc1c(-c3cc(-c4ccc5cnccc5c4)ccn3)[c-]ccc12.[Ir]. The van der Waals surface area contributed by atoms with Gasteiger partial charge in [0.2, 0.25) is 5.71 Å². The van der Waals surface area contributed by atoms with Gasteiger partial charge in [0.15, 0.2) is 0 Å². The minimum absolute atomic E-state index is 0. The van der Waals surface area contributed by atoms with Crippen molar-refractivity contribution >= 4 is 32.8 Å². The smallest absolute Gasteiger partial charge is 0.216 e. The standard InChI is InChI=1S/C26H16N3O.C12H10N.Ir/c1-16-5-8-22-21-3-2-4-23(25(21)30-26(22)29-16)24-14-19(10-12-28-24)17-6-7-20-15-27-11-9-18(20)13-17;1-10-7-8-12(13-9-10)11-5-3-2-4-6-11;/h2-3,5-15H,1H3;2-5,7-9H,1H3;/q2*-1;. The third-order valence-electron chi connectivity index (χ3n) is 7.32. The van der Waals surface area contributed by atoms with Crippen LogP contribution in [0.25, 0.3) is 66.5 Å². The summed E-state index contributed by atoms with van der Waals surface area (Å²) in [6.45, 7) is 4.00. The number of fused-ring (bicyclic) bond motifs is 4. The van der Waals surface area contributed by atoms with Gasteiger partial charge in [-0.05, 0) is 77.6 Å². The Kier molecular flexibility index (Phi) is 8.38. The molecule has 5 nitrogen and oxygen atoms in total. The van der Waals surface area contributed by atoms with Gasteiger partial charge in [-0.25, -0.2) is 4.98 Å². The Hall–Kier alpha value is -5.03. The monoisotopic (exact) mass is 747 g/mol. The van der Waals surface area contributed by atoms with Crippen molar-refractivity contribution in [3.8, 4) is 33.6 Å². The summed E-state index contributed by atoms with van der Waals surface area (Å²) in [4.78, 5) is 17.7. The largest absolute Gasteiger partial charge is 0.486 e. The van der Waals surface area contributed by atoms with Crippen molar-refractivity contribution in [2.45, 2.75) is 13.8 Å². The second-order valence-electron chi connectivity index (χ2n) is 10.4. The molecule has 0 bridgehead atoms. The molecule has 0 amide bonds. The van der Waals surface area contributed by atoms with Gasteiger partial charge in [0, 0.05) is 61.4 Å². The molecule has 0 aliphatic carbocycles. The summed E-state index contributed by atoms with van der Waals surface area (Å²) in [6, 6.07) is 38.9. The van der Waals surface area contributed by atoms with E-state index in [-0.39, 0.29) is 20.1 Å². The van der Waals surface area contributed by atoms with E-state index in [1.54, 1.807) is 0 Å². The number of benzene rings is 3. The maximum Gasteiger partial charge on any atom is 0.216 e. The van der Waals surface area contributed by atoms with E-state index < -0.39 is 0 Å². The number of furan rings is 1. The third kappa shape index (κ3) is 5.91. The second-order valence-corrected chi connectivity index (χ2v) is 10.4. The zero-order valence-electron chi connectivity index (χ0n) is 24.1. The molecule has 44 heavy (non-hydrogen) atoms. The van der Waals surface area contributed by atoms with Crippen LogP contribution in [0.1, 0.15) is 11.3 Å². The molecule has 1 radical (unpaired) electrons. The van der Waals surface area contributed by atoms with Crippen molar-refractivity contribution in [3.05, 3.63) is 145 Å². The molecule has 8 rings (SSSR count). The van der Waals surface area contributed by atoms with Crippen molar-refractivity contribution in [2.75, 3.05) is 0 Å². The zero-order chi connectivity index (χ0) is 29.2. The molecule has 0 saturated carbocycles. The predicted molar refractivity (Wildman–Crippen MR) is 172 cm³/mol. The van der Waals surface area contributed by atoms with E-state index >= 15 is 0 Å². The van der Waals surface area contributed by atoms with Crippen molar-refractivity contribution < 1.29 is 24.5 Å². The quantitative estimate of drug-likeness (QED) is 0.169. The summed E-state index contributed by atoms with van der Waals surface area (Å²) < 4.78 is 6.13. The first kappa shape index (κ1) is 29.1. The van der Waals surface area contributed by atoms with E-state index in [1.807, 2.05) is 99.3 Å². The predicted octanol–water partition coefficient (Wildman–Crippen LogP) is 9.22. The molecule has 5 aromatic heterocycles. The average molecular weight is 747 g/mol. The first-order valence-corrected chi connectivity index (χ1v) is 14.0. The summed E-state index contributed by atoms with van der Waals surface area (Å²) in [6.07, 6.45) is 7.40. The van der Waals surface area contributed by atoms with Gasteiger partial charge < -0.3 is 14.4 Å². The fraction of sp³-hybridized carbons (Fsp3) is 0.0526. The molecule has 0 aliphatic heterocycles. The van der Waals surface area contributed by atoms with Crippen LogP contribution in [0.4, 0.5) is 0 Å². The summed E-state index contributed by atoms with van der Waals surface area (Å²) in [5.74, 6) is 0. The van der Waals surface area contributed by atoms with Crippen LogP contribution in [0.5, 0.6) is 0 Å². The normalized spacial score (nSPS) is 10.8. The van der Waals surface area contributed by atoms with E-state index in [0.717, 1.165) is 66.5 Å². The molecule has 0 saturated heterocycles. The van der Waals surface area contributed by atoms with Crippen LogP contribution in [0, 0.1) is 26.0 Å². The molecule has 8 aromatic rings. The molecule has 0 atom stereocenters. The van der Waals surface area contributed by atoms with Crippen molar-refractivity contribution in [1.82, 2.24) is 19.9 Å².